The molecular formula is C10H14N2O2. The van der Waals surface area contributed by atoms with Gasteiger partial charge >= 0.3 is 0 Å². The number of aliphatic imine (C=N–C) groups is 1. The third-order valence-electron chi connectivity index (χ3n) is 3.37. The predicted octanol–water partition coefficient (Wildman–Crippen LogP) is 0.423. The number of hydrogen-bond acceptors (Lipinski definition) is 4. The number of piperidine rings is 1. The number of rotatable bonds is 2. The van der Waals surface area contributed by atoms with Crippen LogP contribution < -0.4 is 5.32 Å². The molecule has 0 atom stereocenters. The van der Waals surface area contributed by atoms with Crippen LogP contribution in [0.2, 0.25) is 0 Å². The summed E-state index contributed by atoms with van der Waals surface area (Å²) in [5.74, 6) is 0.616. The van der Waals surface area contributed by atoms with Crippen LogP contribution in [-0.2, 0) is 9.59 Å². The lowest BCUT2D eigenvalue weighted by atomic mass is 9.65. The van der Waals surface area contributed by atoms with E-state index in [2.05, 4.69) is 10.3 Å². The van der Waals surface area contributed by atoms with Crippen molar-refractivity contribution >= 4 is 11.9 Å². The molecule has 1 N–H and O–H groups in total. The molecule has 2 aliphatic rings. The summed E-state index contributed by atoms with van der Waals surface area (Å²) in [6.45, 7) is 1.93. The monoisotopic (exact) mass is 194 g/mol. The maximum Gasteiger partial charge on any atom is 0.235 e. The van der Waals surface area contributed by atoms with Crippen LogP contribution in [0.25, 0.3) is 0 Å². The van der Waals surface area contributed by atoms with Crippen LogP contribution in [0.1, 0.15) is 25.7 Å². The second kappa shape index (κ2) is 3.64. The fraction of sp³-hybridized carbons (Fsp3) is 0.800. The molecule has 0 radical (unpaired) electrons. The van der Waals surface area contributed by atoms with Gasteiger partial charge in [-0.1, -0.05) is 0 Å². The number of carbonyl (C=O) groups excluding carboxylic acids is 2. The molecule has 1 aliphatic carbocycles. The molecule has 1 heterocycles. The first-order valence-corrected chi connectivity index (χ1v) is 5.08. The third kappa shape index (κ3) is 1.51. The van der Waals surface area contributed by atoms with Gasteiger partial charge in [0.1, 0.15) is 5.78 Å². The predicted molar refractivity (Wildman–Crippen MR) is 50.7 cm³/mol. The quantitative estimate of drug-likeness (QED) is 0.512. The third-order valence-corrected chi connectivity index (χ3v) is 3.37. The van der Waals surface area contributed by atoms with E-state index in [4.69, 9.17) is 0 Å². The lowest BCUT2D eigenvalue weighted by Gasteiger charge is -2.43. The molecule has 0 aromatic carbocycles. The molecule has 0 spiro atoms. The average molecular weight is 194 g/mol. The zero-order valence-corrected chi connectivity index (χ0v) is 8.08. The Morgan fingerprint density at radius 3 is 2.50 bits per heavy atom. The van der Waals surface area contributed by atoms with E-state index >= 15 is 0 Å². The highest BCUT2D eigenvalue weighted by molar-refractivity contribution is 5.88. The lowest BCUT2D eigenvalue weighted by Crippen LogP contribution is -2.51. The molecule has 0 aromatic heterocycles. The molecule has 0 amide bonds. The summed E-state index contributed by atoms with van der Waals surface area (Å²) in [5, 5.41) is 3.26. The van der Waals surface area contributed by atoms with Crippen molar-refractivity contribution < 1.29 is 9.59 Å². The van der Waals surface area contributed by atoms with E-state index in [1.165, 1.54) is 0 Å². The van der Waals surface area contributed by atoms with Gasteiger partial charge < -0.3 is 5.32 Å². The second-order valence-corrected chi connectivity index (χ2v) is 4.22. The Hall–Kier alpha value is -0.990. The van der Waals surface area contributed by atoms with E-state index in [1.54, 1.807) is 6.08 Å². The summed E-state index contributed by atoms with van der Waals surface area (Å²) in [6.07, 6.45) is 4.56. The Morgan fingerprint density at radius 2 is 2.00 bits per heavy atom. The molecule has 0 aromatic rings. The minimum Gasteiger partial charge on any atom is -0.317 e. The Morgan fingerprint density at radius 1 is 1.36 bits per heavy atom. The highest BCUT2D eigenvalue weighted by Crippen LogP contribution is 2.42. The van der Waals surface area contributed by atoms with Crippen molar-refractivity contribution in [3.8, 4) is 0 Å². The Bertz CT molecular complexity index is 280. The fourth-order valence-corrected chi connectivity index (χ4v) is 2.54. The van der Waals surface area contributed by atoms with Gasteiger partial charge in [-0.3, -0.25) is 4.79 Å². The standard InChI is InChI=1S/C10H14N2O2/c13-7-12-10(5-9(14)6-10)8-1-3-11-4-2-8/h8,11H,1-6H2. The van der Waals surface area contributed by atoms with E-state index in [0.29, 0.717) is 18.8 Å². The first kappa shape index (κ1) is 9.56. The Labute approximate surface area is 82.8 Å². The zero-order valence-electron chi connectivity index (χ0n) is 8.08. The van der Waals surface area contributed by atoms with E-state index in [1.807, 2.05) is 0 Å². The first-order valence-electron chi connectivity index (χ1n) is 5.08. The number of hydrogen-bond donors (Lipinski definition) is 1. The van der Waals surface area contributed by atoms with Gasteiger partial charge in [0.2, 0.25) is 6.08 Å². The highest BCUT2D eigenvalue weighted by Gasteiger charge is 2.49. The van der Waals surface area contributed by atoms with Crippen molar-refractivity contribution in [3.05, 3.63) is 0 Å². The van der Waals surface area contributed by atoms with E-state index in [-0.39, 0.29) is 11.3 Å². The topological polar surface area (TPSA) is 58.5 Å². The van der Waals surface area contributed by atoms with Gasteiger partial charge in [-0.05, 0) is 31.8 Å². The van der Waals surface area contributed by atoms with Crippen LogP contribution in [0.5, 0.6) is 0 Å². The maximum atomic E-state index is 11.0. The number of ketones is 1. The number of nitrogens with one attached hydrogen (secondary N) is 1. The van der Waals surface area contributed by atoms with Gasteiger partial charge in [-0.25, -0.2) is 4.79 Å². The van der Waals surface area contributed by atoms with Crippen LogP contribution in [0.3, 0.4) is 0 Å². The molecule has 0 bridgehead atoms. The summed E-state index contributed by atoms with van der Waals surface area (Å²) in [6, 6.07) is 0. The van der Waals surface area contributed by atoms with Crippen molar-refractivity contribution in [1.29, 1.82) is 0 Å². The number of carbonyl (C=O) groups is 1. The van der Waals surface area contributed by atoms with Crippen molar-refractivity contribution in [2.24, 2.45) is 10.9 Å². The molecule has 4 nitrogen and oxygen atoms in total. The van der Waals surface area contributed by atoms with Crippen LogP contribution in [0.15, 0.2) is 4.99 Å². The van der Waals surface area contributed by atoms with Gasteiger partial charge in [-0.2, -0.15) is 4.99 Å². The Kier molecular flexibility index (Phi) is 2.48. The van der Waals surface area contributed by atoms with Gasteiger partial charge in [0.15, 0.2) is 0 Å². The molecule has 0 unspecified atom stereocenters. The summed E-state index contributed by atoms with van der Waals surface area (Å²) < 4.78 is 0. The average Bonchev–Trinajstić information content (AvgIpc) is 2.17. The van der Waals surface area contributed by atoms with Gasteiger partial charge in [0.25, 0.3) is 0 Å². The van der Waals surface area contributed by atoms with Crippen molar-refractivity contribution in [2.45, 2.75) is 31.2 Å². The molecular weight excluding hydrogens is 180 g/mol. The minimum absolute atomic E-state index is 0.225. The van der Waals surface area contributed by atoms with E-state index in [9.17, 15) is 9.59 Å². The normalized spacial score (nSPS) is 26.4. The Balaban J connectivity index is 2.10. The van der Waals surface area contributed by atoms with Gasteiger partial charge in [0, 0.05) is 12.8 Å². The van der Waals surface area contributed by atoms with Crippen LogP contribution in [0, 0.1) is 5.92 Å². The number of Topliss-reactive ketones (excluding diaryl/α,β-unsaturated/α-hetero) is 1. The number of isocyanates is 1. The second-order valence-electron chi connectivity index (χ2n) is 4.22. The van der Waals surface area contributed by atoms with Crippen molar-refractivity contribution in [1.82, 2.24) is 5.32 Å². The molecule has 1 saturated carbocycles. The van der Waals surface area contributed by atoms with E-state index < -0.39 is 0 Å². The van der Waals surface area contributed by atoms with Gasteiger partial charge in [-0.15, -0.1) is 0 Å². The summed E-state index contributed by atoms with van der Waals surface area (Å²) >= 11 is 0. The van der Waals surface area contributed by atoms with Gasteiger partial charge in [0.05, 0.1) is 5.54 Å². The summed E-state index contributed by atoms with van der Waals surface area (Å²) in [7, 11) is 0. The maximum absolute atomic E-state index is 11.0. The molecule has 1 saturated heterocycles. The first-order chi connectivity index (χ1) is 6.77. The minimum atomic E-state index is -0.374. The molecule has 1 aliphatic heterocycles. The zero-order chi connectivity index (χ0) is 10.0. The molecule has 14 heavy (non-hydrogen) atoms. The largest absolute Gasteiger partial charge is 0.317 e. The van der Waals surface area contributed by atoms with Crippen LogP contribution >= 0.6 is 0 Å². The highest BCUT2D eigenvalue weighted by atomic mass is 16.1. The smallest absolute Gasteiger partial charge is 0.235 e. The summed E-state index contributed by atoms with van der Waals surface area (Å²) in [4.78, 5) is 25.3. The SMILES string of the molecule is O=C=NC1(C2CCNCC2)CC(=O)C1. The van der Waals surface area contributed by atoms with Crippen LogP contribution in [-0.4, -0.2) is 30.5 Å². The van der Waals surface area contributed by atoms with E-state index in [0.717, 1.165) is 25.9 Å². The molecule has 76 valence electrons. The van der Waals surface area contributed by atoms with Crippen molar-refractivity contribution in [3.63, 3.8) is 0 Å². The molecule has 4 heteroatoms. The summed E-state index contributed by atoms with van der Waals surface area (Å²) in [5.41, 5.74) is -0.374. The lowest BCUT2D eigenvalue weighted by molar-refractivity contribution is -0.130. The number of nitrogens with zero attached hydrogens (tertiary/aromatic N) is 1. The molecule has 2 rings (SSSR count). The molecule has 2 fully saturated rings. The van der Waals surface area contributed by atoms with Crippen molar-refractivity contribution in [2.75, 3.05) is 13.1 Å². The fourth-order valence-electron chi connectivity index (χ4n) is 2.54. The van der Waals surface area contributed by atoms with Crippen LogP contribution in [0.4, 0.5) is 0 Å².